The van der Waals surface area contributed by atoms with Crippen LogP contribution in [-0.4, -0.2) is 11.2 Å². The summed E-state index contributed by atoms with van der Waals surface area (Å²) in [5, 5.41) is 2.59. The summed E-state index contributed by atoms with van der Waals surface area (Å²) in [6, 6.07) is 0. The third-order valence-corrected chi connectivity index (χ3v) is 1.58. The smallest absolute Gasteiger partial charge is 0.225 e. The molecule has 0 aromatic rings. The molecule has 2 nitrogen and oxygen atoms in total. The number of thiol groups is 1. The minimum absolute atomic E-state index is 0.0231. The lowest BCUT2D eigenvalue weighted by atomic mass is 10.3. The molecule has 1 N–H and O–H groups in total. The van der Waals surface area contributed by atoms with E-state index in [9.17, 15) is 4.79 Å². The van der Waals surface area contributed by atoms with Crippen molar-refractivity contribution < 1.29 is 4.79 Å². The molecule has 1 aliphatic heterocycles. The monoisotopic (exact) mass is 159 g/mol. The van der Waals surface area contributed by atoms with Crippen LogP contribution in [0.1, 0.15) is 20.3 Å². The second kappa shape index (κ2) is 4.39. The van der Waals surface area contributed by atoms with E-state index in [0.717, 1.165) is 5.70 Å². The molecule has 1 aliphatic rings. The Bertz CT molecular complexity index is 145. The maximum atomic E-state index is 10.4. The molecule has 0 radical (unpaired) electrons. The molecular formula is C7H13NOS. The van der Waals surface area contributed by atoms with Gasteiger partial charge in [-0.25, -0.2) is 0 Å². The van der Waals surface area contributed by atoms with Crippen LogP contribution in [0.2, 0.25) is 0 Å². The summed E-state index contributed by atoms with van der Waals surface area (Å²) >= 11 is 4.06. The van der Waals surface area contributed by atoms with Gasteiger partial charge in [0.2, 0.25) is 5.91 Å². The van der Waals surface area contributed by atoms with E-state index >= 15 is 0 Å². The summed E-state index contributed by atoms with van der Waals surface area (Å²) in [4.78, 5) is 10.4. The van der Waals surface area contributed by atoms with Gasteiger partial charge in [-0.2, -0.15) is 12.6 Å². The summed E-state index contributed by atoms with van der Waals surface area (Å²) in [5.74, 6) is 0.0231. The van der Waals surface area contributed by atoms with Crippen molar-refractivity contribution in [1.29, 1.82) is 0 Å². The molecule has 3 heteroatoms. The van der Waals surface area contributed by atoms with Gasteiger partial charge >= 0.3 is 0 Å². The van der Waals surface area contributed by atoms with Gasteiger partial charge in [-0.1, -0.05) is 20.4 Å². The standard InChI is InChI=1S/C5H7NOS.C2H6/c1-3-4(8)2-5(7)6-3;1-2/h4,8H,1-2H2,(H,6,7);1-2H3. The number of nitrogens with one attached hydrogen (secondary N) is 1. The molecule has 1 saturated heterocycles. The van der Waals surface area contributed by atoms with Gasteiger partial charge in [-0.05, 0) is 0 Å². The summed E-state index contributed by atoms with van der Waals surface area (Å²) < 4.78 is 0. The van der Waals surface area contributed by atoms with Crippen LogP contribution in [0.25, 0.3) is 0 Å². The van der Waals surface area contributed by atoms with E-state index in [2.05, 4.69) is 24.5 Å². The highest BCUT2D eigenvalue weighted by Gasteiger charge is 2.21. The first-order valence-corrected chi connectivity index (χ1v) is 3.88. The van der Waals surface area contributed by atoms with Gasteiger partial charge in [0.25, 0.3) is 0 Å². The van der Waals surface area contributed by atoms with Crippen molar-refractivity contribution in [2.75, 3.05) is 0 Å². The fourth-order valence-corrected chi connectivity index (χ4v) is 0.843. The van der Waals surface area contributed by atoms with Gasteiger partial charge in [0, 0.05) is 12.1 Å². The average molecular weight is 159 g/mol. The van der Waals surface area contributed by atoms with Gasteiger partial charge in [0.05, 0.1) is 5.25 Å². The fourth-order valence-electron chi connectivity index (χ4n) is 0.612. The summed E-state index contributed by atoms with van der Waals surface area (Å²) in [5.41, 5.74) is 0.721. The van der Waals surface area contributed by atoms with Gasteiger partial charge in [-0.15, -0.1) is 0 Å². The zero-order valence-corrected chi connectivity index (χ0v) is 7.24. The molecule has 0 bridgehead atoms. The molecule has 1 rings (SSSR count). The third-order valence-electron chi connectivity index (χ3n) is 1.08. The highest BCUT2D eigenvalue weighted by molar-refractivity contribution is 7.81. The van der Waals surface area contributed by atoms with E-state index in [1.807, 2.05) is 13.8 Å². The molecule has 0 aromatic carbocycles. The van der Waals surface area contributed by atoms with Crippen LogP contribution in [0.5, 0.6) is 0 Å². The summed E-state index contributed by atoms with van der Waals surface area (Å²) in [6.45, 7) is 7.58. The van der Waals surface area contributed by atoms with Crippen LogP contribution in [0.15, 0.2) is 12.3 Å². The van der Waals surface area contributed by atoms with E-state index in [1.54, 1.807) is 0 Å². The molecule has 58 valence electrons. The predicted octanol–water partition coefficient (Wildman–Crippen LogP) is 1.34. The molecule has 1 heterocycles. The Hall–Kier alpha value is -0.440. The maximum Gasteiger partial charge on any atom is 0.225 e. The first-order valence-electron chi connectivity index (χ1n) is 3.37. The Balaban J connectivity index is 0.000000371. The average Bonchev–Trinajstić information content (AvgIpc) is 2.16. The quantitative estimate of drug-likeness (QED) is 0.513. The Morgan fingerprint density at radius 3 is 2.30 bits per heavy atom. The summed E-state index contributed by atoms with van der Waals surface area (Å²) in [7, 11) is 0. The molecule has 1 unspecified atom stereocenters. The van der Waals surface area contributed by atoms with Crippen LogP contribution < -0.4 is 5.32 Å². The molecule has 0 aromatic heterocycles. The lowest BCUT2D eigenvalue weighted by molar-refractivity contribution is -0.118. The molecule has 1 fully saturated rings. The molecule has 0 spiro atoms. The number of hydrogen-bond acceptors (Lipinski definition) is 2. The van der Waals surface area contributed by atoms with E-state index < -0.39 is 0 Å². The van der Waals surface area contributed by atoms with Crippen molar-refractivity contribution in [1.82, 2.24) is 5.32 Å². The van der Waals surface area contributed by atoms with Crippen molar-refractivity contribution in [3.05, 3.63) is 12.3 Å². The van der Waals surface area contributed by atoms with Crippen LogP contribution >= 0.6 is 12.6 Å². The first kappa shape index (κ1) is 9.56. The highest BCUT2D eigenvalue weighted by atomic mass is 32.1. The van der Waals surface area contributed by atoms with E-state index in [-0.39, 0.29) is 11.2 Å². The van der Waals surface area contributed by atoms with E-state index in [1.165, 1.54) is 0 Å². The topological polar surface area (TPSA) is 29.1 Å². The predicted molar refractivity (Wildman–Crippen MR) is 46.0 cm³/mol. The van der Waals surface area contributed by atoms with Crippen molar-refractivity contribution in [3.63, 3.8) is 0 Å². The van der Waals surface area contributed by atoms with Gasteiger partial charge < -0.3 is 5.32 Å². The van der Waals surface area contributed by atoms with E-state index in [4.69, 9.17) is 0 Å². The SMILES string of the molecule is C=C1NC(=O)CC1S.CC. The normalized spacial score (nSPS) is 23.3. The molecule has 1 atom stereocenters. The Kier molecular flexibility index (Phi) is 4.19. The molecule has 1 amide bonds. The van der Waals surface area contributed by atoms with Gasteiger partial charge in [0.1, 0.15) is 0 Å². The number of amides is 1. The van der Waals surface area contributed by atoms with Gasteiger partial charge in [-0.3, -0.25) is 4.79 Å². The van der Waals surface area contributed by atoms with E-state index in [0.29, 0.717) is 6.42 Å². The van der Waals surface area contributed by atoms with Crippen molar-refractivity contribution >= 4 is 18.5 Å². The van der Waals surface area contributed by atoms with Crippen molar-refractivity contribution in [2.45, 2.75) is 25.5 Å². The number of rotatable bonds is 0. The largest absolute Gasteiger partial charge is 0.329 e. The first-order chi connectivity index (χ1) is 4.70. The lowest BCUT2D eigenvalue weighted by Gasteiger charge is -1.95. The lowest BCUT2D eigenvalue weighted by Crippen LogP contribution is -2.11. The minimum Gasteiger partial charge on any atom is -0.329 e. The molecule has 0 saturated carbocycles. The second-order valence-corrected chi connectivity index (χ2v) is 2.42. The van der Waals surface area contributed by atoms with Crippen LogP contribution in [0.4, 0.5) is 0 Å². The van der Waals surface area contributed by atoms with Gasteiger partial charge in [0.15, 0.2) is 0 Å². The molecular weight excluding hydrogens is 146 g/mol. The maximum absolute atomic E-state index is 10.4. The molecule has 10 heavy (non-hydrogen) atoms. The summed E-state index contributed by atoms with van der Waals surface area (Å²) in [6.07, 6.45) is 0.474. The number of hydrogen-bond donors (Lipinski definition) is 2. The Labute approximate surface area is 67.1 Å². The highest BCUT2D eigenvalue weighted by Crippen LogP contribution is 2.14. The van der Waals surface area contributed by atoms with Crippen molar-refractivity contribution in [2.24, 2.45) is 0 Å². The fraction of sp³-hybridized carbons (Fsp3) is 0.571. The number of carbonyl (C=O) groups excluding carboxylic acids is 1. The zero-order valence-electron chi connectivity index (χ0n) is 6.35. The zero-order chi connectivity index (χ0) is 8.15. The van der Waals surface area contributed by atoms with Crippen molar-refractivity contribution in [3.8, 4) is 0 Å². The third kappa shape index (κ3) is 2.43. The Morgan fingerprint density at radius 2 is 2.20 bits per heavy atom. The van der Waals surface area contributed by atoms with Crippen LogP contribution in [0, 0.1) is 0 Å². The van der Waals surface area contributed by atoms with Crippen LogP contribution in [-0.2, 0) is 4.79 Å². The Morgan fingerprint density at radius 1 is 1.70 bits per heavy atom. The van der Waals surface area contributed by atoms with Crippen LogP contribution in [0.3, 0.4) is 0 Å². The number of carbonyl (C=O) groups is 1. The minimum atomic E-state index is 0.0231. The molecule has 0 aliphatic carbocycles. The second-order valence-electron chi connectivity index (χ2n) is 1.79.